The van der Waals surface area contributed by atoms with E-state index in [2.05, 4.69) is 55.1 Å². The molecule has 0 aliphatic rings. The van der Waals surface area contributed by atoms with Crippen molar-refractivity contribution in [3.63, 3.8) is 0 Å². The number of halogens is 2. The predicted octanol–water partition coefficient (Wildman–Crippen LogP) is 2.45. The summed E-state index contributed by atoms with van der Waals surface area (Å²) in [7, 11) is 0. The van der Waals surface area contributed by atoms with Gasteiger partial charge in [0.25, 0.3) is 0 Å². The molecular weight excluding hydrogens is 442 g/mol. The highest BCUT2D eigenvalue weighted by Gasteiger charge is 2.12. The van der Waals surface area contributed by atoms with Gasteiger partial charge in [-0.05, 0) is 64.3 Å². The van der Waals surface area contributed by atoms with Gasteiger partial charge in [0.1, 0.15) is 3.70 Å². The lowest BCUT2D eigenvalue weighted by Gasteiger charge is -2.06. The standard InChI is InChI=1S/C8H8I2N2O2S/c1-2-14-5(13)3-4-6(9)11-8(15)12-7(4)10/h2-3H2,1H3,(H,11,12,15). The summed E-state index contributed by atoms with van der Waals surface area (Å²) in [6.45, 7) is 2.17. The number of hydrogen-bond donors (Lipinski definition) is 1. The van der Waals surface area contributed by atoms with E-state index in [-0.39, 0.29) is 12.4 Å². The van der Waals surface area contributed by atoms with E-state index in [4.69, 9.17) is 17.0 Å². The quantitative estimate of drug-likeness (QED) is 0.333. The molecule has 0 unspecified atom stereocenters. The van der Waals surface area contributed by atoms with Gasteiger partial charge in [-0.15, -0.1) is 0 Å². The first kappa shape index (κ1) is 13.3. The number of esters is 1. The molecule has 0 aromatic carbocycles. The summed E-state index contributed by atoms with van der Waals surface area (Å²) >= 11 is 9.08. The fourth-order valence-corrected chi connectivity index (χ4v) is 3.41. The Morgan fingerprint density at radius 1 is 1.60 bits per heavy atom. The summed E-state index contributed by atoms with van der Waals surface area (Å²) in [6, 6.07) is 0. The van der Waals surface area contributed by atoms with Crippen molar-refractivity contribution in [2.45, 2.75) is 13.3 Å². The van der Waals surface area contributed by atoms with E-state index in [1.54, 1.807) is 6.92 Å². The van der Waals surface area contributed by atoms with Crippen molar-refractivity contribution in [3.8, 4) is 0 Å². The number of nitrogens with zero attached hydrogens (tertiary/aromatic N) is 1. The van der Waals surface area contributed by atoms with Gasteiger partial charge in [-0.25, -0.2) is 4.98 Å². The molecule has 82 valence electrons. The number of carbonyl (C=O) groups is 1. The van der Waals surface area contributed by atoms with Crippen molar-refractivity contribution in [2.24, 2.45) is 0 Å². The molecule has 1 N–H and O–H groups in total. The third-order valence-electron chi connectivity index (χ3n) is 1.56. The molecule has 0 spiro atoms. The van der Waals surface area contributed by atoms with Crippen LogP contribution in [0.25, 0.3) is 0 Å². The molecular formula is C8H8I2N2O2S. The van der Waals surface area contributed by atoms with Crippen molar-refractivity contribution in [1.82, 2.24) is 9.97 Å². The van der Waals surface area contributed by atoms with Gasteiger partial charge >= 0.3 is 5.97 Å². The molecule has 1 aromatic rings. The molecule has 0 aliphatic carbocycles. The van der Waals surface area contributed by atoms with Crippen LogP contribution in [0.3, 0.4) is 0 Å². The first-order valence-corrected chi connectivity index (χ1v) is 6.71. The zero-order valence-corrected chi connectivity index (χ0v) is 13.0. The van der Waals surface area contributed by atoms with Crippen LogP contribution < -0.4 is 0 Å². The van der Waals surface area contributed by atoms with Crippen LogP contribution in [0.2, 0.25) is 0 Å². The lowest BCUT2D eigenvalue weighted by molar-refractivity contribution is -0.142. The second kappa shape index (κ2) is 6.09. The number of nitrogens with one attached hydrogen (secondary N) is 1. The summed E-state index contributed by atoms with van der Waals surface area (Å²) in [5.74, 6) is -0.249. The molecule has 0 radical (unpaired) electrons. The van der Waals surface area contributed by atoms with E-state index in [1.807, 2.05) is 0 Å². The van der Waals surface area contributed by atoms with Crippen LogP contribution in [0, 0.1) is 12.2 Å². The first-order valence-electron chi connectivity index (χ1n) is 4.14. The van der Waals surface area contributed by atoms with E-state index in [0.29, 0.717) is 11.4 Å². The number of carbonyl (C=O) groups excluding carboxylic acids is 1. The number of H-pyrrole nitrogens is 1. The second-order valence-corrected chi connectivity index (χ2v) is 5.09. The Kier molecular flexibility index (Phi) is 5.39. The minimum atomic E-state index is -0.249. The molecule has 0 amide bonds. The van der Waals surface area contributed by atoms with Gasteiger partial charge < -0.3 is 9.72 Å². The van der Waals surface area contributed by atoms with E-state index < -0.39 is 0 Å². The summed E-state index contributed by atoms with van der Waals surface area (Å²) in [5, 5.41) is 0. The smallest absolute Gasteiger partial charge is 0.310 e. The minimum Gasteiger partial charge on any atom is -0.466 e. The molecule has 0 bridgehead atoms. The van der Waals surface area contributed by atoms with Gasteiger partial charge in [0, 0.05) is 5.56 Å². The summed E-state index contributed by atoms with van der Waals surface area (Å²) in [4.78, 5) is 18.3. The molecule has 1 heterocycles. The maximum Gasteiger partial charge on any atom is 0.310 e. The largest absolute Gasteiger partial charge is 0.466 e. The maximum absolute atomic E-state index is 11.3. The van der Waals surface area contributed by atoms with Crippen molar-refractivity contribution in [2.75, 3.05) is 6.61 Å². The van der Waals surface area contributed by atoms with Gasteiger partial charge in [0.05, 0.1) is 16.7 Å². The number of rotatable bonds is 3. The highest BCUT2D eigenvalue weighted by molar-refractivity contribution is 14.1. The molecule has 0 saturated carbocycles. The first-order chi connectivity index (χ1) is 7.04. The summed E-state index contributed by atoms with van der Waals surface area (Å²) < 4.78 is 6.88. The van der Waals surface area contributed by atoms with Crippen molar-refractivity contribution in [1.29, 1.82) is 0 Å². The topological polar surface area (TPSA) is 55.0 Å². The Balaban J connectivity index is 2.95. The third kappa shape index (κ3) is 3.94. The van der Waals surface area contributed by atoms with Crippen molar-refractivity contribution in [3.05, 3.63) is 17.7 Å². The van der Waals surface area contributed by atoms with E-state index >= 15 is 0 Å². The molecule has 0 atom stereocenters. The second-order valence-electron chi connectivity index (χ2n) is 2.61. The van der Waals surface area contributed by atoms with Crippen LogP contribution in [-0.2, 0) is 16.0 Å². The summed E-state index contributed by atoms with van der Waals surface area (Å²) in [6.07, 6.45) is 0.226. The maximum atomic E-state index is 11.3. The van der Waals surface area contributed by atoms with Crippen LogP contribution in [0.15, 0.2) is 0 Å². The molecule has 0 saturated heterocycles. The summed E-state index contributed by atoms with van der Waals surface area (Å²) in [5.41, 5.74) is 0.836. The Labute approximate surface area is 119 Å². The van der Waals surface area contributed by atoms with Crippen LogP contribution in [-0.4, -0.2) is 22.5 Å². The number of ether oxygens (including phenoxy) is 1. The number of hydrogen-bond acceptors (Lipinski definition) is 4. The van der Waals surface area contributed by atoms with Crippen molar-refractivity contribution >= 4 is 63.4 Å². The Morgan fingerprint density at radius 2 is 2.27 bits per heavy atom. The van der Waals surface area contributed by atoms with Crippen LogP contribution in [0.4, 0.5) is 0 Å². The van der Waals surface area contributed by atoms with Gasteiger partial charge in [0.2, 0.25) is 0 Å². The number of aromatic nitrogens is 2. The van der Waals surface area contributed by atoms with Gasteiger partial charge in [-0.1, -0.05) is 0 Å². The van der Waals surface area contributed by atoms with E-state index in [0.717, 1.165) is 13.0 Å². The van der Waals surface area contributed by atoms with Crippen LogP contribution in [0.5, 0.6) is 0 Å². The molecule has 7 heteroatoms. The zero-order valence-electron chi connectivity index (χ0n) is 7.84. The lowest BCUT2D eigenvalue weighted by Crippen LogP contribution is -2.11. The zero-order chi connectivity index (χ0) is 11.4. The molecule has 0 fully saturated rings. The van der Waals surface area contributed by atoms with Crippen LogP contribution in [0.1, 0.15) is 12.5 Å². The Morgan fingerprint density at radius 3 is 2.80 bits per heavy atom. The highest BCUT2D eigenvalue weighted by Crippen LogP contribution is 2.16. The highest BCUT2D eigenvalue weighted by atomic mass is 127. The van der Waals surface area contributed by atoms with Gasteiger partial charge in [-0.2, -0.15) is 0 Å². The monoisotopic (exact) mass is 450 g/mol. The molecule has 4 nitrogen and oxygen atoms in total. The van der Waals surface area contributed by atoms with Crippen molar-refractivity contribution < 1.29 is 9.53 Å². The molecule has 1 rings (SSSR count). The third-order valence-corrected chi connectivity index (χ3v) is 3.56. The Bertz CT molecular complexity index is 407. The fourth-order valence-electron chi connectivity index (χ4n) is 0.951. The molecule has 0 aliphatic heterocycles. The van der Waals surface area contributed by atoms with Crippen LogP contribution >= 0.6 is 57.4 Å². The van der Waals surface area contributed by atoms with Gasteiger partial charge in [-0.3, -0.25) is 4.79 Å². The van der Waals surface area contributed by atoms with E-state index in [1.165, 1.54) is 0 Å². The fraction of sp³-hybridized carbons (Fsp3) is 0.375. The normalized spacial score (nSPS) is 10.1. The average Bonchev–Trinajstić information content (AvgIpc) is 2.11. The lowest BCUT2D eigenvalue weighted by atomic mass is 10.2. The number of aromatic amines is 1. The van der Waals surface area contributed by atoms with Gasteiger partial charge in [0.15, 0.2) is 4.77 Å². The minimum absolute atomic E-state index is 0.226. The molecule has 1 aromatic heterocycles. The average molecular weight is 450 g/mol. The Hall–Kier alpha value is 0.230. The molecule has 15 heavy (non-hydrogen) atoms. The van der Waals surface area contributed by atoms with E-state index in [9.17, 15) is 4.79 Å². The SMILES string of the molecule is CCOC(=O)Cc1c(I)nc(=S)[nH]c1I. The predicted molar refractivity (Wildman–Crippen MR) is 75.2 cm³/mol.